The lowest BCUT2D eigenvalue weighted by Gasteiger charge is -2.50. The monoisotopic (exact) mass is 666 g/mol. The Labute approximate surface area is 261 Å². The molecule has 2 aromatic heterocycles. The van der Waals surface area contributed by atoms with Gasteiger partial charge in [0.25, 0.3) is 12.0 Å². The Morgan fingerprint density at radius 2 is 1.93 bits per heavy atom. The van der Waals surface area contributed by atoms with E-state index in [1.165, 1.54) is 19.2 Å². The Hall–Kier alpha value is -4.43. The number of hydrogen-bond donors (Lipinski definition) is 4. The van der Waals surface area contributed by atoms with E-state index in [0.717, 1.165) is 22.5 Å². The van der Waals surface area contributed by atoms with Gasteiger partial charge in [-0.2, -0.15) is 18.2 Å². The predicted octanol–water partition coefficient (Wildman–Crippen LogP) is 0.161. The molecule has 0 spiro atoms. The third-order valence-corrected chi connectivity index (χ3v) is 7.99. The molecule has 1 saturated heterocycles. The number of carbonyl (C=O) groups excluding carboxylic acids is 2. The number of aromatic nitrogens is 3. The first kappa shape index (κ1) is 33.5. The number of hydrogen-bond acceptors (Lipinski definition) is 13. The normalized spacial score (nSPS) is 17.1. The molecular formula is C26H32N7O10S2+. The molecule has 1 aliphatic heterocycles. The summed E-state index contributed by atoms with van der Waals surface area (Å²) in [5, 5.41) is 15.4. The number of hydroxylamine groups is 2. The second-order valence-electron chi connectivity index (χ2n) is 10.5. The molecule has 1 aromatic carbocycles. The number of rotatable bonds is 15. The first-order valence-corrected chi connectivity index (χ1v) is 15.6. The van der Waals surface area contributed by atoms with Crippen molar-refractivity contribution in [3.63, 3.8) is 0 Å². The average Bonchev–Trinajstić information content (AvgIpc) is 3.56. The number of nitrogens with two attached hydrogens (primary N) is 2. The van der Waals surface area contributed by atoms with E-state index in [2.05, 4.69) is 14.4 Å². The summed E-state index contributed by atoms with van der Waals surface area (Å²) in [6.45, 7) is 3.52. The van der Waals surface area contributed by atoms with Gasteiger partial charge in [-0.25, -0.2) is 9.78 Å². The van der Waals surface area contributed by atoms with Gasteiger partial charge in [0.1, 0.15) is 18.1 Å². The number of carboxylic acids is 1. The number of amides is 1. The van der Waals surface area contributed by atoms with Crippen molar-refractivity contribution < 1.29 is 51.0 Å². The number of carbonyl (C=O) groups is 3. The van der Waals surface area contributed by atoms with Gasteiger partial charge in [0.05, 0.1) is 29.8 Å². The molecule has 17 nitrogen and oxygen atoms in total. The summed E-state index contributed by atoms with van der Waals surface area (Å²) in [4.78, 5) is 47.0. The third-order valence-electron chi connectivity index (χ3n) is 6.97. The quantitative estimate of drug-likeness (QED) is 0.0556. The van der Waals surface area contributed by atoms with Crippen molar-refractivity contribution in [1.82, 2.24) is 14.7 Å². The Morgan fingerprint density at radius 1 is 1.24 bits per heavy atom. The molecule has 242 valence electrons. The largest absolute Gasteiger partial charge is 0.489 e. The number of ketones is 1. The lowest BCUT2D eigenvalue weighted by Crippen LogP contribution is -2.68. The second-order valence-corrected chi connectivity index (χ2v) is 12.4. The van der Waals surface area contributed by atoms with Crippen LogP contribution in [0.1, 0.15) is 26.0 Å². The van der Waals surface area contributed by atoms with E-state index in [0.29, 0.717) is 23.9 Å². The van der Waals surface area contributed by atoms with Crippen LogP contribution in [0.5, 0.6) is 5.75 Å². The number of oxime groups is 1. The molecule has 3 heterocycles. The van der Waals surface area contributed by atoms with E-state index in [-0.39, 0.29) is 10.8 Å². The standard InChI is InChI=1S/C26H31N7O10S2/c1-26(2)18(23(35)33(26)43-45(38,39)40)10-20(34)22(19-14-44-25(28)29-19)30-42-21(24(36)37)13-41-17-6-4-15(5-7-17)16-11-31(3)32(12-16)9-8-27/h4-7,11-12,14,18,21H,8-10,13,27H2,1-3H3,(H3-,28,29,36,37,38,39,40)/p+1/b30-22-/t18-,21?/m1/s1. The number of aryl methyl sites for hydroxylation is 1. The number of nitrogen functional groups attached to an aromatic ring is 1. The van der Waals surface area contributed by atoms with Gasteiger partial charge in [0, 0.05) is 18.3 Å². The predicted molar refractivity (Wildman–Crippen MR) is 158 cm³/mol. The fourth-order valence-corrected chi connectivity index (χ4v) is 5.53. The maximum atomic E-state index is 13.3. The van der Waals surface area contributed by atoms with E-state index >= 15 is 0 Å². The molecule has 1 aliphatic rings. The van der Waals surface area contributed by atoms with Crippen molar-refractivity contribution in [2.75, 3.05) is 18.9 Å². The van der Waals surface area contributed by atoms with E-state index < -0.39 is 64.4 Å². The zero-order valence-electron chi connectivity index (χ0n) is 24.4. The summed E-state index contributed by atoms with van der Waals surface area (Å²) in [7, 11) is -3.09. The molecule has 0 radical (unpaired) electrons. The summed E-state index contributed by atoms with van der Waals surface area (Å²) < 4.78 is 45.0. The van der Waals surface area contributed by atoms with Gasteiger partial charge in [-0.3, -0.25) is 14.1 Å². The molecule has 2 atom stereocenters. The molecule has 1 fully saturated rings. The summed E-state index contributed by atoms with van der Waals surface area (Å²) >= 11 is 0.987. The summed E-state index contributed by atoms with van der Waals surface area (Å²) in [6.07, 6.45) is 1.76. The Balaban J connectivity index is 1.45. The molecule has 0 aliphatic carbocycles. The Morgan fingerprint density at radius 3 is 2.49 bits per heavy atom. The molecule has 45 heavy (non-hydrogen) atoms. The van der Waals surface area contributed by atoms with Crippen LogP contribution >= 0.6 is 11.3 Å². The Kier molecular flexibility index (Phi) is 9.88. The maximum absolute atomic E-state index is 13.3. The van der Waals surface area contributed by atoms with Crippen molar-refractivity contribution in [3.05, 3.63) is 47.7 Å². The van der Waals surface area contributed by atoms with Gasteiger partial charge in [-0.15, -0.1) is 20.3 Å². The van der Waals surface area contributed by atoms with Crippen molar-refractivity contribution in [1.29, 1.82) is 0 Å². The van der Waals surface area contributed by atoms with Crippen LogP contribution in [0, 0.1) is 5.92 Å². The minimum Gasteiger partial charge on any atom is -0.489 e. The number of thiazole rings is 1. The summed E-state index contributed by atoms with van der Waals surface area (Å²) in [5.74, 6) is -3.80. The lowest BCUT2D eigenvalue weighted by atomic mass is 9.74. The summed E-state index contributed by atoms with van der Waals surface area (Å²) in [5.41, 5.74) is 11.5. The maximum Gasteiger partial charge on any atom is 0.418 e. The number of ether oxygens (including phenoxy) is 1. The van der Waals surface area contributed by atoms with Crippen molar-refractivity contribution in [3.8, 4) is 16.9 Å². The average molecular weight is 667 g/mol. The first-order chi connectivity index (χ1) is 21.1. The molecule has 1 unspecified atom stereocenters. The zero-order valence-corrected chi connectivity index (χ0v) is 26.0. The van der Waals surface area contributed by atoms with Crippen molar-refractivity contribution in [2.24, 2.45) is 23.9 Å². The number of benzene rings is 1. The molecule has 3 aromatic rings. The Bertz CT molecular complexity index is 1720. The number of aliphatic carboxylic acids is 1. The van der Waals surface area contributed by atoms with E-state index in [1.807, 2.05) is 28.8 Å². The lowest BCUT2D eigenvalue weighted by molar-refractivity contribution is -0.753. The SMILES string of the molecule is C[n+]1cc(-c2ccc(OCC(O/N=C(\C(=O)C[C@@H]3C(=O)N(OS(=O)(=O)O)C3(C)C)c3csc(N)n3)C(=O)O)cc2)cn1CCN. The highest BCUT2D eigenvalue weighted by molar-refractivity contribution is 7.80. The van der Waals surface area contributed by atoms with Crippen LogP contribution in [-0.4, -0.2) is 81.0 Å². The molecule has 1 amide bonds. The minimum atomic E-state index is -4.99. The highest BCUT2D eigenvalue weighted by Gasteiger charge is 2.57. The van der Waals surface area contributed by atoms with E-state index in [1.54, 1.807) is 24.3 Å². The van der Waals surface area contributed by atoms with Crippen molar-refractivity contribution in [2.45, 2.75) is 38.5 Å². The molecule has 0 bridgehead atoms. The molecule has 19 heteroatoms. The number of nitrogens with zero attached hydrogens (tertiary/aromatic N) is 5. The number of carboxylic acid groups (broad SMARTS) is 1. The van der Waals surface area contributed by atoms with Crippen LogP contribution < -0.4 is 20.9 Å². The molecule has 6 N–H and O–H groups in total. The van der Waals surface area contributed by atoms with Crippen LogP contribution in [0.3, 0.4) is 0 Å². The number of anilines is 1. The third kappa shape index (κ3) is 7.81. The van der Waals surface area contributed by atoms with Gasteiger partial charge in [-0.05, 0) is 31.5 Å². The van der Waals surface area contributed by atoms with Gasteiger partial charge >= 0.3 is 16.4 Å². The van der Waals surface area contributed by atoms with Gasteiger partial charge < -0.3 is 26.1 Å². The first-order valence-electron chi connectivity index (χ1n) is 13.3. The van der Waals surface area contributed by atoms with Gasteiger partial charge in [0.2, 0.25) is 6.20 Å². The fraction of sp³-hybridized carbons (Fsp3) is 0.385. The molecule has 0 saturated carbocycles. The van der Waals surface area contributed by atoms with Crippen molar-refractivity contribution >= 4 is 50.2 Å². The molecule has 4 rings (SSSR count). The summed E-state index contributed by atoms with van der Waals surface area (Å²) in [6, 6.07) is 6.94. The smallest absolute Gasteiger partial charge is 0.418 e. The van der Waals surface area contributed by atoms with Gasteiger partial charge in [-0.1, -0.05) is 17.3 Å². The van der Waals surface area contributed by atoms with Crippen LogP contribution in [0.15, 0.2) is 47.2 Å². The number of Topliss-reactive ketones (excluding diaryl/α,β-unsaturated/α-hetero) is 1. The van der Waals surface area contributed by atoms with E-state index in [4.69, 9.17) is 25.6 Å². The highest BCUT2D eigenvalue weighted by Crippen LogP contribution is 2.40. The van der Waals surface area contributed by atoms with Crippen LogP contribution in [-0.2, 0) is 47.5 Å². The number of β-lactam (4-membered cyclic amide) rings is 1. The second kappa shape index (κ2) is 13.3. The van der Waals surface area contributed by atoms with Crippen LogP contribution in [0.25, 0.3) is 11.1 Å². The topological polar surface area (TPSA) is 243 Å². The molecular weight excluding hydrogens is 634 g/mol. The van der Waals surface area contributed by atoms with Crippen LogP contribution in [0.2, 0.25) is 0 Å². The highest BCUT2D eigenvalue weighted by atomic mass is 32.3. The zero-order chi connectivity index (χ0) is 33.1. The van der Waals surface area contributed by atoms with E-state index in [9.17, 15) is 27.9 Å². The minimum absolute atomic E-state index is 0.0209. The fourth-order valence-electron chi connectivity index (χ4n) is 4.53. The van der Waals surface area contributed by atoms with Crippen LogP contribution in [0.4, 0.5) is 5.13 Å². The van der Waals surface area contributed by atoms with Gasteiger partial charge in [0.15, 0.2) is 23.7 Å².